The van der Waals surface area contributed by atoms with Crippen LogP contribution < -0.4 is 4.74 Å². The third-order valence-electron chi connectivity index (χ3n) is 6.87. The molecule has 2 heterocycles. The van der Waals surface area contributed by atoms with Gasteiger partial charge in [0.05, 0.1) is 17.8 Å². The number of benzene rings is 2. The van der Waals surface area contributed by atoms with Crippen molar-refractivity contribution < 1.29 is 14.3 Å². The lowest BCUT2D eigenvalue weighted by Crippen LogP contribution is -2.58. The van der Waals surface area contributed by atoms with Crippen molar-refractivity contribution in [1.82, 2.24) is 9.80 Å². The monoisotopic (exact) mass is 464 g/mol. The lowest BCUT2D eigenvalue weighted by Gasteiger charge is -2.50. The minimum atomic E-state index is -0.199. The Labute approximate surface area is 205 Å². The van der Waals surface area contributed by atoms with Gasteiger partial charge in [-0.1, -0.05) is 44.2 Å². The summed E-state index contributed by atoms with van der Waals surface area (Å²) in [6.45, 7) is 15.0. The van der Waals surface area contributed by atoms with Gasteiger partial charge < -0.3 is 14.4 Å². The van der Waals surface area contributed by atoms with Crippen molar-refractivity contribution in [3.05, 3.63) is 65.2 Å². The molecule has 2 aromatic carbocycles. The molecule has 4 rings (SSSR count). The van der Waals surface area contributed by atoms with Crippen LogP contribution in [0, 0.1) is 12.8 Å². The van der Waals surface area contributed by atoms with Crippen molar-refractivity contribution in [1.29, 1.82) is 0 Å². The van der Waals surface area contributed by atoms with Crippen LogP contribution in [-0.4, -0.2) is 60.1 Å². The Morgan fingerprint density at radius 2 is 1.79 bits per heavy atom. The van der Waals surface area contributed by atoms with Crippen LogP contribution in [0.15, 0.2) is 48.5 Å². The van der Waals surface area contributed by atoms with Crippen molar-refractivity contribution in [3.63, 3.8) is 0 Å². The van der Waals surface area contributed by atoms with Crippen LogP contribution in [0.25, 0.3) is 0 Å². The zero-order valence-electron chi connectivity index (χ0n) is 21.4. The predicted molar refractivity (Wildman–Crippen MR) is 136 cm³/mol. The third-order valence-corrected chi connectivity index (χ3v) is 6.87. The second-order valence-corrected chi connectivity index (χ2v) is 10.7. The van der Waals surface area contributed by atoms with E-state index in [0.717, 1.165) is 62.4 Å². The van der Waals surface area contributed by atoms with Crippen molar-refractivity contribution in [2.45, 2.75) is 65.3 Å². The average molecular weight is 465 g/mol. The summed E-state index contributed by atoms with van der Waals surface area (Å²) in [6.07, 6.45) is 1.92. The lowest BCUT2D eigenvalue weighted by molar-refractivity contribution is -0.177. The van der Waals surface area contributed by atoms with E-state index >= 15 is 0 Å². The Bertz CT molecular complexity index is 965. The van der Waals surface area contributed by atoms with E-state index in [1.165, 1.54) is 5.56 Å². The summed E-state index contributed by atoms with van der Waals surface area (Å²) in [5.41, 5.74) is 2.78. The minimum Gasteiger partial charge on any atom is -0.491 e. The number of piperidine rings is 1. The van der Waals surface area contributed by atoms with E-state index in [2.05, 4.69) is 49.1 Å². The number of carbonyl (C=O) groups is 1. The molecule has 1 atom stereocenters. The van der Waals surface area contributed by atoms with Gasteiger partial charge in [0.25, 0.3) is 5.91 Å². The molecule has 2 aliphatic rings. The number of carbonyl (C=O) groups excluding carboxylic acids is 1. The summed E-state index contributed by atoms with van der Waals surface area (Å²) in [6, 6.07) is 16.4. The van der Waals surface area contributed by atoms with Crippen molar-refractivity contribution in [2.24, 2.45) is 5.92 Å². The zero-order valence-corrected chi connectivity index (χ0v) is 21.4. The maximum Gasteiger partial charge on any atom is 0.253 e. The summed E-state index contributed by atoms with van der Waals surface area (Å²) in [5, 5.41) is 0. The Hall–Kier alpha value is -2.37. The molecular formula is C29H40N2O3. The number of hydrogen-bond acceptors (Lipinski definition) is 4. The number of likely N-dealkylation sites (tertiary alicyclic amines) is 1. The Morgan fingerprint density at radius 1 is 1.09 bits per heavy atom. The second-order valence-electron chi connectivity index (χ2n) is 10.7. The molecule has 0 aromatic heterocycles. The fraction of sp³-hybridized carbons (Fsp3) is 0.552. The molecule has 1 spiro atoms. The quantitative estimate of drug-likeness (QED) is 0.567. The van der Waals surface area contributed by atoms with Crippen LogP contribution >= 0.6 is 0 Å². The number of rotatable bonds is 6. The Morgan fingerprint density at radius 3 is 2.41 bits per heavy atom. The summed E-state index contributed by atoms with van der Waals surface area (Å²) in [4.78, 5) is 17.8. The molecule has 5 nitrogen and oxygen atoms in total. The summed E-state index contributed by atoms with van der Waals surface area (Å²) in [7, 11) is 0. The highest BCUT2D eigenvalue weighted by atomic mass is 16.5. The van der Waals surface area contributed by atoms with E-state index in [1.807, 2.05) is 43.9 Å². The summed E-state index contributed by atoms with van der Waals surface area (Å²) < 4.78 is 12.7. The number of morpholine rings is 1. The molecule has 0 saturated carbocycles. The molecule has 2 saturated heterocycles. The number of hydrogen-bond donors (Lipinski definition) is 0. The molecule has 5 heteroatoms. The summed E-state index contributed by atoms with van der Waals surface area (Å²) in [5.74, 6) is 1.56. The fourth-order valence-corrected chi connectivity index (χ4v) is 5.32. The van der Waals surface area contributed by atoms with Crippen molar-refractivity contribution in [2.75, 3.05) is 32.7 Å². The molecule has 1 amide bonds. The SMILES string of the molecule is Cc1cc(C(=O)N2CCC3(CC2)CN(CC(C)C)CC(c2ccccc2)O3)ccc1OC(C)C. The molecule has 0 aliphatic carbocycles. The first-order chi connectivity index (χ1) is 16.2. The molecule has 1 unspecified atom stereocenters. The molecule has 184 valence electrons. The van der Waals surface area contributed by atoms with Gasteiger partial charge in [-0.2, -0.15) is 0 Å². The van der Waals surface area contributed by atoms with Gasteiger partial charge in [-0.25, -0.2) is 0 Å². The minimum absolute atomic E-state index is 0.0760. The van der Waals surface area contributed by atoms with Crippen LogP contribution in [0.5, 0.6) is 5.75 Å². The maximum atomic E-state index is 13.3. The Balaban J connectivity index is 1.45. The van der Waals surface area contributed by atoms with Gasteiger partial charge in [0.15, 0.2) is 0 Å². The number of nitrogens with zero attached hydrogens (tertiary/aromatic N) is 2. The average Bonchev–Trinajstić information content (AvgIpc) is 2.80. The molecule has 0 N–H and O–H groups in total. The van der Waals surface area contributed by atoms with E-state index in [4.69, 9.17) is 9.47 Å². The van der Waals surface area contributed by atoms with Gasteiger partial charge >= 0.3 is 0 Å². The normalized spacial score (nSPS) is 20.8. The van der Waals surface area contributed by atoms with Crippen LogP contribution in [0.3, 0.4) is 0 Å². The predicted octanol–water partition coefficient (Wildman–Crippen LogP) is 5.49. The standard InChI is InChI=1S/C29H40N2O3/c1-21(2)18-30-19-27(24-9-7-6-8-10-24)34-29(20-30)13-15-31(16-14-29)28(32)25-11-12-26(23(5)17-25)33-22(3)4/h6-12,17,21-22,27H,13-16,18-20H2,1-5H3. The fourth-order valence-electron chi connectivity index (χ4n) is 5.32. The van der Waals surface area contributed by atoms with Gasteiger partial charge in [0.2, 0.25) is 0 Å². The maximum absolute atomic E-state index is 13.3. The van der Waals surface area contributed by atoms with E-state index in [0.29, 0.717) is 5.92 Å². The van der Waals surface area contributed by atoms with Crippen LogP contribution in [-0.2, 0) is 4.74 Å². The van der Waals surface area contributed by atoms with Gasteiger partial charge in [-0.3, -0.25) is 9.69 Å². The second kappa shape index (κ2) is 10.5. The lowest BCUT2D eigenvalue weighted by atomic mass is 9.87. The zero-order chi connectivity index (χ0) is 24.3. The number of aryl methyl sites for hydroxylation is 1. The highest BCUT2D eigenvalue weighted by Crippen LogP contribution is 2.38. The number of ether oxygens (including phenoxy) is 2. The van der Waals surface area contributed by atoms with Crippen LogP contribution in [0.1, 0.15) is 68.1 Å². The van der Waals surface area contributed by atoms with E-state index < -0.39 is 0 Å². The first kappa shape index (κ1) is 24.7. The van der Waals surface area contributed by atoms with Crippen molar-refractivity contribution >= 4 is 5.91 Å². The molecule has 0 radical (unpaired) electrons. The molecule has 34 heavy (non-hydrogen) atoms. The third kappa shape index (κ3) is 5.81. The van der Waals surface area contributed by atoms with Gasteiger partial charge in [-0.05, 0) is 68.9 Å². The van der Waals surface area contributed by atoms with E-state index in [1.54, 1.807) is 0 Å². The van der Waals surface area contributed by atoms with Gasteiger partial charge in [0, 0.05) is 38.3 Å². The molecule has 2 fully saturated rings. The molecular weight excluding hydrogens is 424 g/mol. The molecule has 0 bridgehead atoms. The largest absolute Gasteiger partial charge is 0.491 e. The van der Waals surface area contributed by atoms with E-state index in [-0.39, 0.29) is 23.7 Å². The highest BCUT2D eigenvalue weighted by molar-refractivity contribution is 5.94. The topological polar surface area (TPSA) is 42.0 Å². The molecule has 2 aliphatic heterocycles. The Kier molecular flexibility index (Phi) is 7.63. The summed E-state index contributed by atoms with van der Waals surface area (Å²) >= 11 is 0. The first-order valence-corrected chi connectivity index (χ1v) is 12.8. The van der Waals surface area contributed by atoms with Gasteiger partial charge in [-0.15, -0.1) is 0 Å². The first-order valence-electron chi connectivity index (χ1n) is 12.8. The van der Waals surface area contributed by atoms with E-state index in [9.17, 15) is 4.79 Å². The number of amides is 1. The van der Waals surface area contributed by atoms with Crippen molar-refractivity contribution in [3.8, 4) is 5.75 Å². The van der Waals surface area contributed by atoms with Crippen LogP contribution in [0.4, 0.5) is 0 Å². The molecule has 2 aromatic rings. The van der Waals surface area contributed by atoms with Gasteiger partial charge in [0.1, 0.15) is 5.75 Å². The smallest absolute Gasteiger partial charge is 0.253 e. The van der Waals surface area contributed by atoms with Crippen LogP contribution in [0.2, 0.25) is 0 Å². The highest BCUT2D eigenvalue weighted by Gasteiger charge is 2.44.